The van der Waals surface area contributed by atoms with Crippen molar-refractivity contribution in [3.8, 4) is 11.8 Å². The zero-order valence-corrected chi connectivity index (χ0v) is 9.24. The summed E-state index contributed by atoms with van der Waals surface area (Å²) in [6, 6.07) is 9.82. The molecule has 15 heavy (non-hydrogen) atoms. The Kier molecular flexibility index (Phi) is 5.58. The molecule has 0 amide bonds. The molecule has 0 spiro atoms. The van der Waals surface area contributed by atoms with E-state index in [9.17, 15) is 5.11 Å². The number of benzene rings is 1. The van der Waals surface area contributed by atoms with E-state index in [1.54, 1.807) is 0 Å². The molecule has 0 radical (unpaired) electrons. The van der Waals surface area contributed by atoms with Gasteiger partial charge in [0, 0.05) is 6.42 Å². The molecule has 0 heterocycles. The number of aliphatic hydroxyl groups is 1. The third-order valence-corrected chi connectivity index (χ3v) is 2.39. The maximum atomic E-state index is 9.84. The van der Waals surface area contributed by atoms with Gasteiger partial charge in [0.25, 0.3) is 0 Å². The summed E-state index contributed by atoms with van der Waals surface area (Å²) < 4.78 is 0. The van der Waals surface area contributed by atoms with E-state index in [0.29, 0.717) is 0 Å². The monoisotopic (exact) mass is 202 g/mol. The third kappa shape index (κ3) is 4.67. The van der Waals surface area contributed by atoms with E-state index in [4.69, 9.17) is 0 Å². The van der Waals surface area contributed by atoms with Gasteiger partial charge < -0.3 is 5.11 Å². The second-order valence-corrected chi connectivity index (χ2v) is 3.60. The smallest absolute Gasteiger partial charge is 0.0790 e. The molecule has 1 heteroatoms. The zero-order chi connectivity index (χ0) is 10.9. The quantitative estimate of drug-likeness (QED) is 0.573. The normalized spacial score (nSPS) is 11.6. The number of unbranched alkanes of at least 4 members (excludes halogenated alkanes) is 2. The number of rotatable bonds is 5. The molecule has 0 aliphatic carbocycles. The van der Waals surface area contributed by atoms with Crippen LogP contribution in [0.15, 0.2) is 30.3 Å². The van der Waals surface area contributed by atoms with Gasteiger partial charge in [0.15, 0.2) is 0 Å². The summed E-state index contributed by atoms with van der Waals surface area (Å²) in [5.74, 6) is 5.91. The molecule has 1 nitrogen and oxygen atoms in total. The van der Waals surface area contributed by atoms with Crippen LogP contribution in [-0.2, 0) is 0 Å². The van der Waals surface area contributed by atoms with Crippen molar-refractivity contribution < 1.29 is 5.11 Å². The van der Waals surface area contributed by atoms with E-state index in [1.807, 2.05) is 37.3 Å². The Balaban J connectivity index is 2.24. The highest BCUT2D eigenvalue weighted by Gasteiger charge is 2.05. The van der Waals surface area contributed by atoms with Gasteiger partial charge in [0.2, 0.25) is 0 Å². The molecule has 1 aromatic rings. The highest BCUT2D eigenvalue weighted by Crippen LogP contribution is 2.18. The molecule has 1 aromatic carbocycles. The molecule has 1 N–H and O–H groups in total. The van der Waals surface area contributed by atoms with Crippen LogP contribution < -0.4 is 0 Å². The van der Waals surface area contributed by atoms with Crippen molar-refractivity contribution >= 4 is 0 Å². The summed E-state index contributed by atoms with van der Waals surface area (Å²) in [6.45, 7) is 1.86. The van der Waals surface area contributed by atoms with Crippen LogP contribution in [-0.4, -0.2) is 5.11 Å². The fraction of sp³-hybridized carbons (Fsp3) is 0.429. The first kappa shape index (κ1) is 11.8. The molecule has 0 saturated carbocycles. The Labute approximate surface area is 92.1 Å². The first-order chi connectivity index (χ1) is 7.34. The SMILES string of the molecule is CC#CCCCCC(O)c1ccccc1. The molecule has 1 unspecified atom stereocenters. The highest BCUT2D eigenvalue weighted by atomic mass is 16.3. The van der Waals surface area contributed by atoms with Crippen molar-refractivity contribution in [3.63, 3.8) is 0 Å². The van der Waals surface area contributed by atoms with E-state index in [0.717, 1.165) is 31.2 Å². The molecule has 0 aromatic heterocycles. The van der Waals surface area contributed by atoms with E-state index in [-0.39, 0.29) is 6.10 Å². The molecule has 80 valence electrons. The van der Waals surface area contributed by atoms with Gasteiger partial charge in [0.05, 0.1) is 6.10 Å². The first-order valence-corrected chi connectivity index (χ1v) is 5.47. The average Bonchev–Trinajstić information content (AvgIpc) is 2.30. The Morgan fingerprint density at radius 2 is 1.93 bits per heavy atom. The molecular formula is C14H18O. The largest absolute Gasteiger partial charge is 0.388 e. The molecule has 0 fully saturated rings. The predicted molar refractivity (Wildman–Crippen MR) is 63.3 cm³/mol. The predicted octanol–water partition coefficient (Wildman–Crippen LogP) is 3.30. The molecule has 0 aliphatic rings. The summed E-state index contributed by atoms with van der Waals surface area (Å²) in [4.78, 5) is 0. The number of hydrogen-bond acceptors (Lipinski definition) is 1. The Hall–Kier alpha value is -1.26. The summed E-state index contributed by atoms with van der Waals surface area (Å²) in [5, 5.41) is 9.84. The maximum Gasteiger partial charge on any atom is 0.0790 e. The van der Waals surface area contributed by atoms with Crippen LogP contribution in [0.2, 0.25) is 0 Å². The highest BCUT2D eigenvalue weighted by molar-refractivity contribution is 5.17. The van der Waals surface area contributed by atoms with Crippen molar-refractivity contribution in [2.24, 2.45) is 0 Å². The molecule has 0 saturated heterocycles. The summed E-state index contributed by atoms with van der Waals surface area (Å²) in [6.07, 6.45) is 3.56. The van der Waals surface area contributed by atoms with Crippen LogP contribution in [0.4, 0.5) is 0 Å². The van der Waals surface area contributed by atoms with Crippen LogP contribution in [0.1, 0.15) is 44.3 Å². The first-order valence-electron chi connectivity index (χ1n) is 5.47. The van der Waals surface area contributed by atoms with Crippen LogP contribution in [0.5, 0.6) is 0 Å². The van der Waals surface area contributed by atoms with Crippen LogP contribution in [0, 0.1) is 11.8 Å². The Bertz CT molecular complexity index is 318. The third-order valence-electron chi connectivity index (χ3n) is 2.39. The van der Waals surface area contributed by atoms with Gasteiger partial charge in [0.1, 0.15) is 0 Å². The lowest BCUT2D eigenvalue weighted by molar-refractivity contribution is 0.164. The fourth-order valence-corrected chi connectivity index (χ4v) is 1.52. The van der Waals surface area contributed by atoms with Crippen LogP contribution >= 0.6 is 0 Å². The number of hydrogen-bond donors (Lipinski definition) is 1. The molecule has 0 aliphatic heterocycles. The van der Waals surface area contributed by atoms with Gasteiger partial charge in [-0.2, -0.15) is 0 Å². The number of aliphatic hydroxyl groups excluding tert-OH is 1. The average molecular weight is 202 g/mol. The maximum absolute atomic E-state index is 9.84. The minimum Gasteiger partial charge on any atom is -0.388 e. The minimum atomic E-state index is -0.319. The molecule has 0 bridgehead atoms. The Morgan fingerprint density at radius 3 is 2.60 bits per heavy atom. The van der Waals surface area contributed by atoms with Gasteiger partial charge in [-0.25, -0.2) is 0 Å². The fourth-order valence-electron chi connectivity index (χ4n) is 1.52. The van der Waals surface area contributed by atoms with Gasteiger partial charge in [-0.05, 0) is 31.7 Å². The van der Waals surface area contributed by atoms with E-state index in [1.165, 1.54) is 0 Å². The lowest BCUT2D eigenvalue weighted by Crippen LogP contribution is -1.96. The zero-order valence-electron chi connectivity index (χ0n) is 9.24. The van der Waals surface area contributed by atoms with E-state index >= 15 is 0 Å². The van der Waals surface area contributed by atoms with E-state index in [2.05, 4.69) is 11.8 Å². The van der Waals surface area contributed by atoms with Gasteiger partial charge in [-0.1, -0.05) is 30.3 Å². The minimum absolute atomic E-state index is 0.319. The standard InChI is InChI=1S/C14H18O/c1-2-3-4-5-9-12-14(15)13-10-7-6-8-11-13/h6-8,10-11,14-15H,4-5,9,12H2,1H3. The molecule has 1 atom stereocenters. The van der Waals surface area contributed by atoms with Crippen LogP contribution in [0.25, 0.3) is 0 Å². The second-order valence-electron chi connectivity index (χ2n) is 3.60. The lowest BCUT2D eigenvalue weighted by atomic mass is 10.0. The molecular weight excluding hydrogens is 184 g/mol. The van der Waals surface area contributed by atoms with Crippen molar-refractivity contribution in [2.45, 2.75) is 38.7 Å². The summed E-state index contributed by atoms with van der Waals surface area (Å²) in [7, 11) is 0. The van der Waals surface area contributed by atoms with Crippen molar-refractivity contribution in [2.75, 3.05) is 0 Å². The van der Waals surface area contributed by atoms with Gasteiger partial charge >= 0.3 is 0 Å². The van der Waals surface area contributed by atoms with Crippen LogP contribution in [0.3, 0.4) is 0 Å². The second kappa shape index (κ2) is 7.09. The topological polar surface area (TPSA) is 20.2 Å². The van der Waals surface area contributed by atoms with Gasteiger partial charge in [-0.15, -0.1) is 11.8 Å². The summed E-state index contributed by atoms with van der Waals surface area (Å²) in [5.41, 5.74) is 1.01. The Morgan fingerprint density at radius 1 is 1.20 bits per heavy atom. The van der Waals surface area contributed by atoms with E-state index < -0.39 is 0 Å². The lowest BCUT2D eigenvalue weighted by Gasteiger charge is -2.09. The molecule has 1 rings (SSSR count). The van der Waals surface area contributed by atoms with Crippen molar-refractivity contribution in [1.82, 2.24) is 0 Å². The summed E-state index contributed by atoms with van der Waals surface area (Å²) >= 11 is 0. The van der Waals surface area contributed by atoms with Crippen molar-refractivity contribution in [1.29, 1.82) is 0 Å². The van der Waals surface area contributed by atoms with Crippen molar-refractivity contribution in [3.05, 3.63) is 35.9 Å². The van der Waals surface area contributed by atoms with Gasteiger partial charge in [-0.3, -0.25) is 0 Å².